The maximum absolute atomic E-state index is 14.0. The first-order valence-corrected chi connectivity index (χ1v) is 14.0. The molecule has 3 rings (SSSR count). The number of nitrogens with zero attached hydrogens (tertiary/aromatic N) is 3. The molecule has 0 spiro atoms. The number of esters is 1. The molecule has 1 aliphatic heterocycles. The van der Waals surface area contributed by atoms with Crippen LogP contribution in [0.4, 0.5) is 14.9 Å². The van der Waals surface area contributed by atoms with Crippen LogP contribution in [0.15, 0.2) is 53.4 Å². The van der Waals surface area contributed by atoms with Gasteiger partial charge in [-0.05, 0) is 76.2 Å². The summed E-state index contributed by atoms with van der Waals surface area (Å²) >= 11 is 0. The maximum atomic E-state index is 14.0. The molecule has 218 valence electrons. The first kappa shape index (κ1) is 31.0. The minimum Gasteiger partial charge on any atom is -0.458 e. The number of β-amino-alcohol motifs (C(OH)–C–C–N with tert-alkyl or cyclic N) is 1. The highest BCUT2D eigenvalue weighted by Crippen LogP contribution is 2.31. The number of aliphatic hydroxyl groups excluding tert-OH is 1. The Morgan fingerprint density at radius 2 is 1.62 bits per heavy atom. The number of halogens is 1. The van der Waals surface area contributed by atoms with Crippen molar-refractivity contribution < 1.29 is 41.8 Å². The van der Waals surface area contributed by atoms with E-state index in [1.54, 1.807) is 20.8 Å². The summed E-state index contributed by atoms with van der Waals surface area (Å²) in [6.07, 6.45) is -2.00. The van der Waals surface area contributed by atoms with Gasteiger partial charge in [-0.1, -0.05) is 0 Å². The first-order valence-electron chi connectivity index (χ1n) is 12.5. The number of hydrogen-bond acceptors (Lipinski definition) is 8. The quantitative estimate of drug-likeness (QED) is 0.495. The SMILES string of the molecule is C[C@@H](C(=O)OC(C)(C)C)N(C(=O)[C@@H]1C[C@@H](O)CN1S(=O)(=O)c1ccc(F)cc1)c1ccc(OC(=O)N(C)C)cc1. The lowest BCUT2D eigenvalue weighted by Crippen LogP contribution is -2.53. The smallest absolute Gasteiger partial charge is 0.414 e. The Kier molecular flexibility index (Phi) is 9.22. The second kappa shape index (κ2) is 11.9. The van der Waals surface area contributed by atoms with Gasteiger partial charge in [0.1, 0.15) is 29.3 Å². The van der Waals surface area contributed by atoms with E-state index in [0.717, 1.165) is 33.5 Å². The Morgan fingerprint density at radius 1 is 1.05 bits per heavy atom. The maximum Gasteiger partial charge on any atom is 0.414 e. The third kappa shape index (κ3) is 7.14. The van der Waals surface area contributed by atoms with E-state index >= 15 is 0 Å². The van der Waals surface area contributed by atoms with Crippen molar-refractivity contribution in [1.82, 2.24) is 9.21 Å². The molecule has 1 aliphatic rings. The number of rotatable bonds is 7. The molecular weight excluding hydrogens is 545 g/mol. The molecule has 0 aliphatic carbocycles. The van der Waals surface area contributed by atoms with Gasteiger partial charge >= 0.3 is 12.1 Å². The van der Waals surface area contributed by atoms with E-state index in [0.29, 0.717) is 0 Å². The molecule has 1 heterocycles. The van der Waals surface area contributed by atoms with Gasteiger partial charge in [-0.15, -0.1) is 0 Å². The van der Waals surface area contributed by atoms with E-state index in [1.165, 1.54) is 50.2 Å². The fourth-order valence-electron chi connectivity index (χ4n) is 4.08. The highest BCUT2D eigenvalue weighted by molar-refractivity contribution is 7.89. The van der Waals surface area contributed by atoms with Crippen molar-refractivity contribution in [3.63, 3.8) is 0 Å². The first-order chi connectivity index (χ1) is 18.5. The average molecular weight is 580 g/mol. The van der Waals surface area contributed by atoms with Crippen LogP contribution in [0.3, 0.4) is 0 Å². The predicted octanol–water partition coefficient (Wildman–Crippen LogP) is 2.77. The summed E-state index contributed by atoms with van der Waals surface area (Å²) in [5.41, 5.74) is -0.667. The van der Waals surface area contributed by atoms with Gasteiger partial charge in [-0.3, -0.25) is 9.69 Å². The monoisotopic (exact) mass is 579 g/mol. The minimum atomic E-state index is -4.32. The summed E-state index contributed by atoms with van der Waals surface area (Å²) < 4.78 is 51.9. The number of carbonyl (C=O) groups is 3. The summed E-state index contributed by atoms with van der Waals surface area (Å²) in [7, 11) is -1.29. The third-order valence-electron chi connectivity index (χ3n) is 6.00. The second-order valence-electron chi connectivity index (χ2n) is 10.6. The van der Waals surface area contributed by atoms with Crippen LogP contribution >= 0.6 is 0 Å². The summed E-state index contributed by atoms with van der Waals surface area (Å²) in [4.78, 5) is 41.1. The molecule has 1 N–H and O–H groups in total. The Balaban J connectivity index is 2.02. The van der Waals surface area contributed by atoms with Crippen LogP contribution < -0.4 is 9.64 Å². The van der Waals surface area contributed by atoms with E-state index in [-0.39, 0.29) is 29.3 Å². The van der Waals surface area contributed by atoms with Crippen molar-refractivity contribution in [2.45, 2.75) is 62.8 Å². The van der Waals surface area contributed by atoms with Crippen molar-refractivity contribution in [3.8, 4) is 5.75 Å². The molecule has 0 bridgehead atoms. The van der Waals surface area contributed by atoms with Gasteiger partial charge in [0.05, 0.1) is 11.0 Å². The zero-order valence-corrected chi connectivity index (χ0v) is 24.0. The average Bonchev–Trinajstić information content (AvgIpc) is 3.26. The lowest BCUT2D eigenvalue weighted by atomic mass is 10.1. The van der Waals surface area contributed by atoms with Crippen LogP contribution in [-0.2, 0) is 24.3 Å². The largest absolute Gasteiger partial charge is 0.458 e. The fourth-order valence-corrected chi connectivity index (χ4v) is 5.71. The molecule has 2 aromatic carbocycles. The van der Waals surface area contributed by atoms with Gasteiger partial charge in [0.2, 0.25) is 15.9 Å². The third-order valence-corrected chi connectivity index (χ3v) is 7.89. The number of carbonyl (C=O) groups excluding carboxylic acids is 3. The van der Waals surface area contributed by atoms with Gasteiger partial charge in [-0.2, -0.15) is 4.31 Å². The molecule has 0 radical (unpaired) electrons. The van der Waals surface area contributed by atoms with Crippen LogP contribution in [0.1, 0.15) is 34.1 Å². The zero-order valence-electron chi connectivity index (χ0n) is 23.2. The molecule has 0 aromatic heterocycles. The van der Waals surface area contributed by atoms with E-state index in [1.807, 2.05) is 0 Å². The lowest BCUT2D eigenvalue weighted by molar-refractivity contribution is -0.157. The summed E-state index contributed by atoms with van der Waals surface area (Å²) in [6, 6.07) is 7.29. The Bertz CT molecular complexity index is 1340. The van der Waals surface area contributed by atoms with Crippen molar-refractivity contribution in [1.29, 1.82) is 0 Å². The van der Waals surface area contributed by atoms with Gasteiger partial charge in [0.15, 0.2) is 0 Å². The molecule has 40 heavy (non-hydrogen) atoms. The molecule has 2 aromatic rings. The van der Waals surface area contributed by atoms with Crippen LogP contribution in [0, 0.1) is 5.82 Å². The predicted molar refractivity (Wildman–Crippen MR) is 144 cm³/mol. The number of anilines is 1. The molecule has 1 saturated heterocycles. The second-order valence-corrected chi connectivity index (χ2v) is 12.5. The lowest BCUT2D eigenvalue weighted by Gasteiger charge is -2.34. The van der Waals surface area contributed by atoms with E-state index in [9.17, 15) is 32.3 Å². The zero-order chi connectivity index (χ0) is 30.0. The van der Waals surface area contributed by atoms with Gasteiger partial charge in [0.25, 0.3) is 0 Å². The number of hydrogen-bond donors (Lipinski definition) is 1. The number of aliphatic hydroxyl groups is 1. The van der Waals surface area contributed by atoms with Crippen LogP contribution in [0.25, 0.3) is 0 Å². The molecule has 3 atom stereocenters. The van der Waals surface area contributed by atoms with E-state index < -0.39 is 57.6 Å². The molecule has 0 saturated carbocycles. The van der Waals surface area contributed by atoms with Crippen LogP contribution in [0.5, 0.6) is 5.75 Å². The molecule has 11 nitrogen and oxygen atoms in total. The number of ether oxygens (including phenoxy) is 2. The highest BCUT2D eigenvalue weighted by atomic mass is 32.2. The van der Waals surface area contributed by atoms with Crippen molar-refractivity contribution in [2.24, 2.45) is 0 Å². The van der Waals surface area contributed by atoms with Crippen molar-refractivity contribution in [3.05, 3.63) is 54.3 Å². The van der Waals surface area contributed by atoms with E-state index in [4.69, 9.17) is 9.47 Å². The summed E-state index contributed by atoms with van der Waals surface area (Å²) in [5.74, 6) is -1.98. The van der Waals surface area contributed by atoms with Gasteiger partial charge in [0, 0.05) is 32.7 Å². The normalized spacial score (nSPS) is 18.6. The van der Waals surface area contributed by atoms with Gasteiger partial charge < -0.3 is 19.5 Å². The minimum absolute atomic E-state index is 0.177. The summed E-state index contributed by atoms with van der Waals surface area (Å²) in [5, 5.41) is 10.4. The topological polar surface area (TPSA) is 134 Å². The molecule has 2 amide bonds. The number of sulfonamides is 1. The van der Waals surface area contributed by atoms with Crippen LogP contribution in [-0.4, -0.2) is 85.1 Å². The highest BCUT2D eigenvalue weighted by Gasteiger charge is 2.47. The fraction of sp³-hybridized carbons (Fsp3) is 0.444. The number of amides is 2. The van der Waals surface area contributed by atoms with Crippen molar-refractivity contribution in [2.75, 3.05) is 25.5 Å². The summed E-state index contributed by atoms with van der Waals surface area (Å²) in [6.45, 7) is 6.08. The van der Waals surface area contributed by atoms with Gasteiger partial charge in [-0.25, -0.2) is 22.4 Å². The van der Waals surface area contributed by atoms with E-state index in [2.05, 4.69) is 0 Å². The molecule has 13 heteroatoms. The number of benzene rings is 2. The Morgan fingerprint density at radius 3 is 2.15 bits per heavy atom. The molecular formula is C27H34FN3O8S. The molecule has 1 fully saturated rings. The standard InChI is InChI=1S/C27H34FN3O8S/c1-17(25(34)39-27(2,3)4)31(19-9-11-21(12-10-19)38-26(35)29(5)6)24(33)23-15-20(32)16-30(23)40(36,37)22-13-7-18(28)8-14-22/h7-14,17,20,23,32H,15-16H2,1-6H3/t17-,20+,23-/m0/s1. The Hall–Kier alpha value is -3.55. The van der Waals surface area contributed by atoms with Crippen molar-refractivity contribution >= 4 is 33.7 Å². The Labute approximate surface area is 233 Å². The van der Waals surface area contributed by atoms with Crippen LogP contribution in [0.2, 0.25) is 0 Å². The molecule has 0 unspecified atom stereocenters.